The molecule has 0 saturated heterocycles. The molecule has 0 aliphatic heterocycles. The Morgan fingerprint density at radius 2 is 2.00 bits per heavy atom. The number of aromatic nitrogens is 2. The van der Waals surface area contributed by atoms with E-state index in [-0.39, 0.29) is 11.6 Å². The molecule has 0 amide bonds. The molecule has 0 bridgehead atoms. The van der Waals surface area contributed by atoms with Crippen LogP contribution in [0.5, 0.6) is 11.6 Å². The van der Waals surface area contributed by atoms with Crippen molar-refractivity contribution in [2.75, 3.05) is 11.9 Å². The van der Waals surface area contributed by atoms with E-state index in [1.807, 2.05) is 6.92 Å². The summed E-state index contributed by atoms with van der Waals surface area (Å²) in [5.41, 5.74) is 0. The maximum Gasteiger partial charge on any atom is 0.224 e. The van der Waals surface area contributed by atoms with E-state index in [0.29, 0.717) is 5.82 Å². The lowest BCUT2D eigenvalue weighted by molar-refractivity contribution is 0.447. The Balaban J connectivity index is 2.11. The zero-order chi connectivity index (χ0) is 13.7. The van der Waals surface area contributed by atoms with Crippen molar-refractivity contribution in [2.45, 2.75) is 13.3 Å². The Kier molecular flexibility index (Phi) is 4.22. The molecule has 0 fully saturated rings. The van der Waals surface area contributed by atoms with E-state index >= 15 is 0 Å². The summed E-state index contributed by atoms with van der Waals surface area (Å²) in [5, 5.41) is 3.08. The molecule has 6 heteroatoms. The molecule has 0 unspecified atom stereocenters. The number of rotatable bonds is 5. The second-order valence-electron chi connectivity index (χ2n) is 3.85. The SMILES string of the molecule is CCCNc1cc(Oc2ccc(F)c(F)c2)ncn1. The molecule has 1 aromatic heterocycles. The zero-order valence-electron chi connectivity index (χ0n) is 10.4. The Morgan fingerprint density at radius 3 is 2.74 bits per heavy atom. The van der Waals surface area contributed by atoms with Crippen molar-refractivity contribution in [3.63, 3.8) is 0 Å². The maximum absolute atomic E-state index is 13.0. The van der Waals surface area contributed by atoms with E-state index in [1.54, 1.807) is 6.07 Å². The van der Waals surface area contributed by atoms with Crippen LogP contribution < -0.4 is 10.1 Å². The molecule has 0 aliphatic carbocycles. The average molecular weight is 265 g/mol. The van der Waals surface area contributed by atoms with E-state index in [4.69, 9.17) is 4.74 Å². The van der Waals surface area contributed by atoms with Gasteiger partial charge < -0.3 is 10.1 Å². The lowest BCUT2D eigenvalue weighted by atomic mass is 10.3. The van der Waals surface area contributed by atoms with Crippen LogP contribution in [0, 0.1) is 11.6 Å². The minimum absolute atomic E-state index is 0.180. The second kappa shape index (κ2) is 6.08. The molecule has 2 aromatic rings. The molecule has 0 atom stereocenters. The van der Waals surface area contributed by atoms with Crippen molar-refractivity contribution in [3.8, 4) is 11.6 Å². The molecule has 1 heterocycles. The van der Waals surface area contributed by atoms with Crippen LogP contribution in [0.25, 0.3) is 0 Å². The lowest BCUT2D eigenvalue weighted by Gasteiger charge is -2.07. The number of anilines is 1. The second-order valence-corrected chi connectivity index (χ2v) is 3.85. The fraction of sp³-hybridized carbons (Fsp3) is 0.231. The molecule has 0 radical (unpaired) electrons. The van der Waals surface area contributed by atoms with Crippen LogP contribution in [0.1, 0.15) is 13.3 Å². The highest BCUT2D eigenvalue weighted by atomic mass is 19.2. The molecule has 0 saturated carbocycles. The first-order valence-corrected chi connectivity index (χ1v) is 5.88. The smallest absolute Gasteiger partial charge is 0.224 e. The van der Waals surface area contributed by atoms with Crippen molar-refractivity contribution in [1.82, 2.24) is 9.97 Å². The molecular formula is C13H13F2N3O. The highest BCUT2D eigenvalue weighted by Gasteiger charge is 2.05. The number of halogens is 2. The largest absolute Gasteiger partial charge is 0.439 e. The average Bonchev–Trinajstić information content (AvgIpc) is 2.41. The van der Waals surface area contributed by atoms with Gasteiger partial charge in [-0.1, -0.05) is 6.92 Å². The van der Waals surface area contributed by atoms with Crippen LogP contribution in [0.2, 0.25) is 0 Å². The number of ether oxygens (including phenoxy) is 1. The minimum atomic E-state index is -0.962. The first-order chi connectivity index (χ1) is 9.19. The first-order valence-electron chi connectivity index (χ1n) is 5.88. The number of benzene rings is 1. The number of nitrogens with zero attached hydrogens (tertiary/aromatic N) is 2. The van der Waals surface area contributed by atoms with Gasteiger partial charge in [0, 0.05) is 18.7 Å². The summed E-state index contributed by atoms with van der Waals surface area (Å²) in [6.45, 7) is 2.81. The van der Waals surface area contributed by atoms with Crippen LogP contribution in [-0.4, -0.2) is 16.5 Å². The zero-order valence-corrected chi connectivity index (χ0v) is 10.4. The van der Waals surface area contributed by atoms with Crippen molar-refractivity contribution >= 4 is 5.82 Å². The standard InChI is InChI=1S/C13H13F2N3O/c1-2-5-16-12-7-13(18-8-17-12)19-9-3-4-10(14)11(15)6-9/h3-4,6-8H,2,5H2,1H3,(H,16,17,18). The summed E-state index contributed by atoms with van der Waals surface area (Å²) < 4.78 is 31.1. The van der Waals surface area contributed by atoms with Gasteiger partial charge in [0.15, 0.2) is 11.6 Å². The number of hydrogen-bond acceptors (Lipinski definition) is 4. The molecule has 100 valence electrons. The topological polar surface area (TPSA) is 47.0 Å². The third-order valence-electron chi connectivity index (χ3n) is 2.31. The van der Waals surface area contributed by atoms with Crippen LogP contribution in [0.4, 0.5) is 14.6 Å². The third kappa shape index (κ3) is 3.61. The third-order valence-corrected chi connectivity index (χ3v) is 2.31. The molecular weight excluding hydrogens is 252 g/mol. The summed E-state index contributed by atoms with van der Waals surface area (Å²) in [5.74, 6) is -0.815. The van der Waals surface area contributed by atoms with Crippen LogP contribution in [0.15, 0.2) is 30.6 Å². The van der Waals surface area contributed by atoms with Crippen molar-refractivity contribution < 1.29 is 13.5 Å². The van der Waals surface area contributed by atoms with Gasteiger partial charge in [0.2, 0.25) is 5.88 Å². The van der Waals surface area contributed by atoms with Gasteiger partial charge in [-0.3, -0.25) is 0 Å². The van der Waals surface area contributed by atoms with E-state index in [1.165, 1.54) is 12.4 Å². The molecule has 4 nitrogen and oxygen atoms in total. The quantitative estimate of drug-likeness (QED) is 0.900. The molecule has 1 aromatic carbocycles. The van der Waals surface area contributed by atoms with Gasteiger partial charge in [-0.05, 0) is 18.6 Å². The van der Waals surface area contributed by atoms with Crippen LogP contribution >= 0.6 is 0 Å². The van der Waals surface area contributed by atoms with Gasteiger partial charge in [0.1, 0.15) is 17.9 Å². The number of hydrogen-bond donors (Lipinski definition) is 1. The van der Waals surface area contributed by atoms with Gasteiger partial charge in [0.05, 0.1) is 0 Å². The van der Waals surface area contributed by atoms with E-state index in [2.05, 4.69) is 15.3 Å². The summed E-state index contributed by atoms with van der Waals surface area (Å²) in [6, 6.07) is 4.90. The first kappa shape index (κ1) is 13.2. The molecule has 19 heavy (non-hydrogen) atoms. The lowest BCUT2D eigenvalue weighted by Crippen LogP contribution is -2.02. The van der Waals surface area contributed by atoms with Crippen molar-refractivity contribution in [3.05, 3.63) is 42.2 Å². The van der Waals surface area contributed by atoms with E-state index < -0.39 is 11.6 Å². The minimum Gasteiger partial charge on any atom is -0.439 e. The Hall–Kier alpha value is -2.24. The predicted molar refractivity (Wildman–Crippen MR) is 67.2 cm³/mol. The van der Waals surface area contributed by atoms with Crippen molar-refractivity contribution in [2.24, 2.45) is 0 Å². The fourth-order valence-electron chi connectivity index (χ4n) is 1.41. The predicted octanol–water partition coefficient (Wildman–Crippen LogP) is 3.37. The van der Waals surface area contributed by atoms with Gasteiger partial charge >= 0.3 is 0 Å². The summed E-state index contributed by atoms with van der Waals surface area (Å²) in [6.07, 6.45) is 2.30. The van der Waals surface area contributed by atoms with Crippen molar-refractivity contribution in [1.29, 1.82) is 0 Å². The summed E-state index contributed by atoms with van der Waals surface area (Å²) in [4.78, 5) is 7.92. The highest BCUT2D eigenvalue weighted by molar-refractivity contribution is 5.38. The van der Waals surface area contributed by atoms with E-state index in [9.17, 15) is 8.78 Å². The van der Waals surface area contributed by atoms with Gasteiger partial charge in [-0.15, -0.1) is 0 Å². The Morgan fingerprint density at radius 1 is 1.16 bits per heavy atom. The molecule has 1 N–H and O–H groups in total. The normalized spacial score (nSPS) is 10.3. The maximum atomic E-state index is 13.0. The number of nitrogens with one attached hydrogen (secondary N) is 1. The monoisotopic (exact) mass is 265 g/mol. The van der Waals surface area contributed by atoms with E-state index in [0.717, 1.165) is 25.1 Å². The van der Waals surface area contributed by atoms with Gasteiger partial charge in [0.25, 0.3) is 0 Å². The summed E-state index contributed by atoms with van der Waals surface area (Å²) in [7, 11) is 0. The molecule has 0 aliphatic rings. The highest BCUT2D eigenvalue weighted by Crippen LogP contribution is 2.22. The van der Waals surface area contributed by atoms with Crippen LogP contribution in [0.3, 0.4) is 0 Å². The van der Waals surface area contributed by atoms with Gasteiger partial charge in [-0.2, -0.15) is 0 Å². The Labute approximate surface area is 109 Å². The molecule has 0 spiro atoms. The summed E-state index contributed by atoms with van der Waals surface area (Å²) >= 11 is 0. The Bertz CT molecular complexity index is 563. The molecule has 2 rings (SSSR count). The van der Waals surface area contributed by atoms with Gasteiger partial charge in [-0.25, -0.2) is 18.7 Å². The fourth-order valence-corrected chi connectivity index (χ4v) is 1.41. The van der Waals surface area contributed by atoms with Crippen LogP contribution in [-0.2, 0) is 0 Å².